The summed E-state index contributed by atoms with van der Waals surface area (Å²) in [4.78, 5) is 23.7. The lowest BCUT2D eigenvalue weighted by molar-refractivity contribution is -0.136. The van der Waals surface area contributed by atoms with E-state index in [1.54, 1.807) is 18.2 Å². The number of aliphatic hydroxyl groups excluding tert-OH is 1. The van der Waals surface area contributed by atoms with Gasteiger partial charge in [-0.05, 0) is 48.7 Å². The Labute approximate surface area is 205 Å². The lowest BCUT2D eigenvalue weighted by Crippen LogP contribution is -2.51. The van der Waals surface area contributed by atoms with E-state index in [0.717, 1.165) is 17.5 Å². The largest absolute Gasteiger partial charge is 0.493 e. The molecule has 0 radical (unpaired) electrons. The molecule has 3 rings (SSSR count). The normalized spacial score (nSPS) is 22.2. The number of halogens is 1. The van der Waals surface area contributed by atoms with Crippen LogP contribution in [-0.2, 0) is 20.7 Å². The third kappa shape index (κ3) is 6.95. The minimum absolute atomic E-state index is 0.0158. The van der Waals surface area contributed by atoms with E-state index in [9.17, 15) is 19.8 Å². The van der Waals surface area contributed by atoms with Crippen molar-refractivity contribution >= 4 is 23.5 Å². The highest BCUT2D eigenvalue weighted by atomic mass is 35.5. The maximum absolute atomic E-state index is 12.4. The van der Waals surface area contributed by atoms with E-state index in [0.29, 0.717) is 35.8 Å². The summed E-state index contributed by atoms with van der Waals surface area (Å²) in [6.07, 6.45) is 0.873. The summed E-state index contributed by atoms with van der Waals surface area (Å²) in [6, 6.07) is 12.8. The molecule has 1 aliphatic heterocycles. The Morgan fingerprint density at radius 1 is 1.21 bits per heavy atom. The van der Waals surface area contributed by atoms with Crippen LogP contribution in [0.2, 0.25) is 5.02 Å². The first kappa shape index (κ1) is 26.0. The van der Waals surface area contributed by atoms with Crippen LogP contribution in [0.15, 0.2) is 42.5 Å². The second-order valence-corrected chi connectivity index (χ2v) is 9.39. The molecule has 0 aromatic heterocycles. The van der Waals surface area contributed by atoms with Gasteiger partial charge in [-0.15, -0.1) is 0 Å². The number of rotatable bonds is 10. The molecule has 3 atom stereocenters. The quantitative estimate of drug-likeness (QED) is 0.450. The zero-order valence-electron chi connectivity index (χ0n) is 19.6. The van der Waals surface area contributed by atoms with Crippen molar-refractivity contribution in [3.8, 4) is 5.75 Å². The SMILES string of the molecule is CCCOc1ccc(CC(=O)O)cc1[C@H]1C[C@@](C)(NC(=O)CCO)C[C@@H](c2cccc(Cl)c2)O1. The monoisotopic (exact) mass is 489 g/mol. The van der Waals surface area contributed by atoms with Gasteiger partial charge < -0.3 is 25.0 Å². The van der Waals surface area contributed by atoms with Crippen LogP contribution >= 0.6 is 11.6 Å². The number of carboxylic acid groups (broad SMARTS) is 1. The van der Waals surface area contributed by atoms with E-state index in [4.69, 9.17) is 21.1 Å². The number of aliphatic carboxylic acids is 1. The summed E-state index contributed by atoms with van der Waals surface area (Å²) in [5.74, 6) is -0.523. The number of hydrogen-bond acceptors (Lipinski definition) is 5. The van der Waals surface area contributed by atoms with Gasteiger partial charge in [0.25, 0.3) is 0 Å². The zero-order chi connectivity index (χ0) is 24.7. The maximum atomic E-state index is 12.4. The minimum atomic E-state index is -0.921. The fourth-order valence-corrected chi connectivity index (χ4v) is 4.56. The minimum Gasteiger partial charge on any atom is -0.493 e. The van der Waals surface area contributed by atoms with Crippen molar-refractivity contribution in [3.63, 3.8) is 0 Å². The Morgan fingerprint density at radius 3 is 2.65 bits per heavy atom. The number of aliphatic hydroxyl groups is 1. The number of benzene rings is 2. The smallest absolute Gasteiger partial charge is 0.307 e. The van der Waals surface area contributed by atoms with E-state index >= 15 is 0 Å². The number of nitrogens with one attached hydrogen (secondary N) is 1. The van der Waals surface area contributed by atoms with Gasteiger partial charge in [-0.25, -0.2) is 0 Å². The Hall–Kier alpha value is -2.61. The molecule has 0 saturated carbocycles. The topological polar surface area (TPSA) is 105 Å². The zero-order valence-corrected chi connectivity index (χ0v) is 20.3. The maximum Gasteiger partial charge on any atom is 0.307 e. The standard InChI is InChI=1S/C26H32ClNO6/c1-3-11-33-21-8-7-17(13-25(31)32)12-20(21)23-16-26(2,28-24(30)9-10-29)15-22(34-23)18-5-4-6-19(27)14-18/h4-8,12,14,22-23,29H,3,9-11,13,15-16H2,1-2H3,(H,28,30)(H,31,32)/t22-,23+,26-/m0/s1. The van der Waals surface area contributed by atoms with Crippen LogP contribution in [0.5, 0.6) is 5.75 Å². The molecule has 2 aromatic rings. The van der Waals surface area contributed by atoms with Gasteiger partial charge in [-0.2, -0.15) is 0 Å². The van der Waals surface area contributed by atoms with Crippen molar-refractivity contribution in [2.75, 3.05) is 13.2 Å². The third-order valence-electron chi connectivity index (χ3n) is 5.84. The average Bonchev–Trinajstić information content (AvgIpc) is 2.77. The summed E-state index contributed by atoms with van der Waals surface area (Å²) < 4.78 is 12.5. The highest BCUT2D eigenvalue weighted by Gasteiger charge is 2.41. The predicted molar refractivity (Wildman–Crippen MR) is 129 cm³/mol. The Kier molecular flexibility index (Phi) is 8.94. The lowest BCUT2D eigenvalue weighted by atomic mass is 9.80. The number of hydrogen-bond donors (Lipinski definition) is 3. The molecule has 1 heterocycles. The van der Waals surface area contributed by atoms with Gasteiger partial charge in [0.05, 0.1) is 31.8 Å². The highest BCUT2D eigenvalue weighted by molar-refractivity contribution is 6.30. The molecule has 3 N–H and O–H groups in total. The molecule has 184 valence electrons. The molecule has 0 unspecified atom stereocenters. The molecule has 34 heavy (non-hydrogen) atoms. The average molecular weight is 490 g/mol. The lowest BCUT2D eigenvalue weighted by Gasteiger charge is -2.43. The Morgan fingerprint density at radius 2 is 1.97 bits per heavy atom. The van der Waals surface area contributed by atoms with Crippen LogP contribution in [0.3, 0.4) is 0 Å². The van der Waals surface area contributed by atoms with Gasteiger partial charge in [-0.3, -0.25) is 9.59 Å². The van der Waals surface area contributed by atoms with Gasteiger partial charge in [0, 0.05) is 35.4 Å². The van der Waals surface area contributed by atoms with Gasteiger partial charge in [0.2, 0.25) is 5.91 Å². The van der Waals surface area contributed by atoms with E-state index in [-0.39, 0.29) is 31.5 Å². The molecule has 0 aliphatic carbocycles. The van der Waals surface area contributed by atoms with Crippen LogP contribution in [0.25, 0.3) is 0 Å². The van der Waals surface area contributed by atoms with Gasteiger partial charge >= 0.3 is 5.97 Å². The first-order valence-corrected chi connectivity index (χ1v) is 11.9. The molecule has 8 heteroatoms. The van der Waals surface area contributed by atoms with Crippen LogP contribution < -0.4 is 10.1 Å². The van der Waals surface area contributed by atoms with E-state index in [1.807, 2.05) is 38.1 Å². The summed E-state index contributed by atoms with van der Waals surface area (Å²) >= 11 is 6.24. The molecule has 2 aromatic carbocycles. The second kappa shape index (κ2) is 11.7. The first-order chi connectivity index (χ1) is 16.2. The molecule has 1 fully saturated rings. The van der Waals surface area contributed by atoms with E-state index in [1.165, 1.54) is 0 Å². The van der Waals surface area contributed by atoms with Crippen molar-refractivity contribution in [3.05, 3.63) is 64.2 Å². The van der Waals surface area contributed by atoms with Gasteiger partial charge in [0.1, 0.15) is 5.75 Å². The second-order valence-electron chi connectivity index (χ2n) is 8.95. The van der Waals surface area contributed by atoms with Crippen molar-refractivity contribution in [2.24, 2.45) is 0 Å². The van der Waals surface area contributed by atoms with Crippen molar-refractivity contribution < 1.29 is 29.3 Å². The summed E-state index contributed by atoms with van der Waals surface area (Å²) in [7, 11) is 0. The molecule has 0 spiro atoms. The first-order valence-electron chi connectivity index (χ1n) is 11.5. The van der Waals surface area contributed by atoms with Crippen molar-refractivity contribution in [1.29, 1.82) is 0 Å². The van der Waals surface area contributed by atoms with Crippen LogP contribution in [0.1, 0.15) is 68.4 Å². The number of carboxylic acids is 1. The van der Waals surface area contributed by atoms with Crippen LogP contribution in [0, 0.1) is 0 Å². The van der Waals surface area contributed by atoms with Crippen molar-refractivity contribution in [1.82, 2.24) is 5.32 Å². The van der Waals surface area contributed by atoms with Gasteiger partial charge in [-0.1, -0.05) is 36.7 Å². The summed E-state index contributed by atoms with van der Waals surface area (Å²) in [6.45, 7) is 4.26. The molecular formula is C26H32ClNO6. The third-order valence-corrected chi connectivity index (χ3v) is 6.07. The Balaban J connectivity index is 2.01. The molecular weight excluding hydrogens is 458 g/mol. The fourth-order valence-electron chi connectivity index (χ4n) is 4.36. The summed E-state index contributed by atoms with van der Waals surface area (Å²) in [5, 5.41) is 22.1. The van der Waals surface area contributed by atoms with Crippen LogP contribution in [0.4, 0.5) is 0 Å². The predicted octanol–water partition coefficient (Wildman–Crippen LogP) is 4.61. The number of ether oxygens (including phenoxy) is 2. The van der Waals surface area contributed by atoms with Crippen molar-refractivity contribution in [2.45, 2.75) is 63.7 Å². The molecule has 1 aliphatic rings. The number of carbonyl (C=O) groups is 2. The van der Waals surface area contributed by atoms with E-state index < -0.39 is 17.6 Å². The molecule has 7 nitrogen and oxygen atoms in total. The number of carbonyl (C=O) groups excluding carboxylic acids is 1. The fraction of sp³-hybridized carbons (Fsp3) is 0.462. The molecule has 0 bridgehead atoms. The number of amides is 1. The van der Waals surface area contributed by atoms with Gasteiger partial charge in [0.15, 0.2) is 0 Å². The van der Waals surface area contributed by atoms with Crippen LogP contribution in [-0.4, -0.2) is 40.8 Å². The summed E-state index contributed by atoms with van der Waals surface area (Å²) in [5.41, 5.74) is 1.65. The highest BCUT2D eigenvalue weighted by Crippen LogP contribution is 2.46. The van der Waals surface area contributed by atoms with E-state index in [2.05, 4.69) is 5.32 Å². The molecule has 1 saturated heterocycles. The molecule has 1 amide bonds. The Bertz CT molecular complexity index is 1010.